The minimum absolute atomic E-state index is 0.0297. The van der Waals surface area contributed by atoms with Crippen LogP contribution < -0.4 is 9.47 Å². The van der Waals surface area contributed by atoms with Crippen LogP contribution in [0.5, 0.6) is 11.5 Å². The number of rotatable bonds is 18. The third-order valence-electron chi connectivity index (χ3n) is 6.22. The van der Waals surface area contributed by atoms with E-state index in [0.717, 1.165) is 57.4 Å². The van der Waals surface area contributed by atoms with Crippen LogP contribution in [0.1, 0.15) is 112 Å². The lowest BCUT2D eigenvalue weighted by atomic mass is 10.1. The highest BCUT2D eigenvalue weighted by atomic mass is 16.6. The van der Waals surface area contributed by atoms with Gasteiger partial charge in [-0.1, -0.05) is 65.2 Å². The zero-order valence-corrected chi connectivity index (χ0v) is 22.9. The van der Waals surface area contributed by atoms with Gasteiger partial charge in [-0.2, -0.15) is 0 Å². The molecular formula is C30H41NO7. The zero-order chi connectivity index (χ0) is 27.8. The summed E-state index contributed by atoms with van der Waals surface area (Å²) in [6.45, 7) is 6.56. The molecule has 1 atom stereocenters. The van der Waals surface area contributed by atoms with Crippen LogP contribution >= 0.6 is 0 Å². The molecule has 0 heterocycles. The number of carbonyl (C=O) groups is 2. The van der Waals surface area contributed by atoms with Gasteiger partial charge in [-0.15, -0.1) is 0 Å². The van der Waals surface area contributed by atoms with Crippen LogP contribution in [0.4, 0.5) is 5.69 Å². The van der Waals surface area contributed by atoms with Crippen molar-refractivity contribution in [2.45, 2.75) is 97.5 Å². The molecule has 2 aromatic rings. The van der Waals surface area contributed by atoms with Crippen molar-refractivity contribution >= 4 is 17.6 Å². The molecule has 0 aliphatic carbocycles. The van der Waals surface area contributed by atoms with E-state index in [1.165, 1.54) is 55.7 Å². The van der Waals surface area contributed by atoms with Gasteiger partial charge in [-0.05, 0) is 62.6 Å². The number of benzene rings is 2. The number of unbranched alkanes of at least 4 members (excludes halogenated alkanes) is 8. The van der Waals surface area contributed by atoms with Gasteiger partial charge in [0.25, 0.3) is 0 Å². The van der Waals surface area contributed by atoms with E-state index < -0.39 is 16.9 Å². The highest BCUT2D eigenvalue weighted by molar-refractivity contribution is 5.93. The van der Waals surface area contributed by atoms with E-state index >= 15 is 0 Å². The van der Waals surface area contributed by atoms with Crippen LogP contribution in [0.3, 0.4) is 0 Å². The molecule has 0 aliphatic rings. The Labute approximate surface area is 225 Å². The minimum Gasteiger partial charge on any atom is -0.484 e. The summed E-state index contributed by atoms with van der Waals surface area (Å²) in [5, 5.41) is 11.6. The van der Waals surface area contributed by atoms with E-state index in [4.69, 9.17) is 14.2 Å². The summed E-state index contributed by atoms with van der Waals surface area (Å²) in [5.41, 5.74) is 0.0992. The first-order valence-corrected chi connectivity index (χ1v) is 13.8. The molecule has 0 aliphatic heterocycles. The summed E-state index contributed by atoms with van der Waals surface area (Å²) < 4.78 is 16.5. The number of nitro groups is 1. The van der Waals surface area contributed by atoms with Crippen LogP contribution in [0.25, 0.3) is 0 Å². The molecule has 1 unspecified atom stereocenters. The monoisotopic (exact) mass is 527 g/mol. The SMILES string of the molecule is CCCCCCCCOC(=O)c1ccc(OC(=O)c2ccc(OC(C)CCCCCC)c([N+](=O)[O-])c2)cc1. The van der Waals surface area contributed by atoms with Gasteiger partial charge in [-0.3, -0.25) is 10.1 Å². The summed E-state index contributed by atoms with van der Waals surface area (Å²) in [6, 6.07) is 10.1. The van der Waals surface area contributed by atoms with Crippen molar-refractivity contribution in [2.24, 2.45) is 0 Å². The number of ether oxygens (including phenoxy) is 3. The van der Waals surface area contributed by atoms with Gasteiger partial charge in [-0.25, -0.2) is 9.59 Å². The predicted molar refractivity (Wildman–Crippen MR) is 147 cm³/mol. The molecule has 2 rings (SSSR count). The molecule has 0 saturated carbocycles. The van der Waals surface area contributed by atoms with Crippen LogP contribution in [-0.2, 0) is 4.74 Å². The van der Waals surface area contributed by atoms with Crippen molar-refractivity contribution in [1.29, 1.82) is 0 Å². The molecule has 38 heavy (non-hydrogen) atoms. The van der Waals surface area contributed by atoms with Crippen molar-refractivity contribution in [3.8, 4) is 11.5 Å². The number of carbonyl (C=O) groups excluding carboxylic acids is 2. The molecule has 0 aromatic heterocycles. The quantitative estimate of drug-likeness (QED) is 0.0634. The van der Waals surface area contributed by atoms with Gasteiger partial charge in [0, 0.05) is 6.07 Å². The summed E-state index contributed by atoms with van der Waals surface area (Å²) >= 11 is 0. The van der Waals surface area contributed by atoms with Gasteiger partial charge in [0.2, 0.25) is 0 Å². The largest absolute Gasteiger partial charge is 0.484 e. The van der Waals surface area contributed by atoms with Crippen LogP contribution in [0, 0.1) is 10.1 Å². The van der Waals surface area contributed by atoms with E-state index in [2.05, 4.69) is 13.8 Å². The van der Waals surface area contributed by atoms with Crippen molar-refractivity contribution in [3.63, 3.8) is 0 Å². The second kappa shape index (κ2) is 17.2. The van der Waals surface area contributed by atoms with Crippen molar-refractivity contribution in [1.82, 2.24) is 0 Å². The van der Waals surface area contributed by atoms with E-state index in [-0.39, 0.29) is 28.9 Å². The Morgan fingerprint density at radius 1 is 0.816 bits per heavy atom. The Hall–Kier alpha value is -3.42. The molecular weight excluding hydrogens is 486 g/mol. The first kappa shape index (κ1) is 30.8. The first-order valence-electron chi connectivity index (χ1n) is 13.8. The fourth-order valence-corrected chi connectivity index (χ4v) is 3.98. The molecule has 2 aromatic carbocycles. The molecule has 0 radical (unpaired) electrons. The second-order valence-corrected chi connectivity index (χ2v) is 9.54. The van der Waals surface area contributed by atoms with Gasteiger partial charge in [0.15, 0.2) is 5.75 Å². The van der Waals surface area contributed by atoms with Crippen molar-refractivity contribution in [2.75, 3.05) is 6.61 Å². The lowest BCUT2D eigenvalue weighted by Crippen LogP contribution is -2.14. The van der Waals surface area contributed by atoms with E-state index in [0.29, 0.717) is 12.2 Å². The predicted octanol–water partition coefficient (Wildman–Crippen LogP) is 8.07. The average molecular weight is 528 g/mol. The third kappa shape index (κ3) is 10.9. The van der Waals surface area contributed by atoms with Gasteiger partial charge in [0.05, 0.1) is 28.8 Å². The number of hydrogen-bond acceptors (Lipinski definition) is 7. The number of nitro benzene ring substituents is 1. The lowest BCUT2D eigenvalue weighted by Gasteiger charge is -2.15. The summed E-state index contributed by atoms with van der Waals surface area (Å²) in [5.74, 6) is -0.836. The highest BCUT2D eigenvalue weighted by Crippen LogP contribution is 2.30. The maximum Gasteiger partial charge on any atom is 0.343 e. The number of nitrogens with zero attached hydrogens (tertiary/aromatic N) is 1. The molecule has 0 saturated heterocycles. The minimum atomic E-state index is -0.745. The number of hydrogen-bond donors (Lipinski definition) is 0. The molecule has 208 valence electrons. The fourth-order valence-electron chi connectivity index (χ4n) is 3.98. The maximum atomic E-state index is 12.6. The summed E-state index contributed by atoms with van der Waals surface area (Å²) in [4.78, 5) is 35.9. The molecule has 0 bridgehead atoms. The maximum absolute atomic E-state index is 12.6. The van der Waals surface area contributed by atoms with Crippen LogP contribution in [-0.4, -0.2) is 29.6 Å². The Bertz CT molecular complexity index is 1020. The van der Waals surface area contributed by atoms with E-state index in [1.807, 2.05) is 6.92 Å². The molecule has 8 nitrogen and oxygen atoms in total. The molecule has 0 spiro atoms. The topological polar surface area (TPSA) is 105 Å². The van der Waals surface area contributed by atoms with Gasteiger partial charge in [0.1, 0.15) is 5.75 Å². The van der Waals surface area contributed by atoms with E-state index in [1.54, 1.807) is 0 Å². The zero-order valence-electron chi connectivity index (χ0n) is 22.9. The second-order valence-electron chi connectivity index (χ2n) is 9.54. The van der Waals surface area contributed by atoms with Crippen LogP contribution in [0.2, 0.25) is 0 Å². The lowest BCUT2D eigenvalue weighted by molar-refractivity contribution is -0.386. The third-order valence-corrected chi connectivity index (χ3v) is 6.22. The van der Waals surface area contributed by atoms with Crippen molar-refractivity contribution < 1.29 is 28.7 Å². The Morgan fingerprint density at radius 2 is 1.42 bits per heavy atom. The van der Waals surface area contributed by atoms with E-state index in [9.17, 15) is 19.7 Å². The Kier molecular flexibility index (Phi) is 13.9. The molecule has 0 N–H and O–H groups in total. The van der Waals surface area contributed by atoms with Crippen LogP contribution in [0.15, 0.2) is 42.5 Å². The standard InChI is InChI=1S/C30H41NO7/c1-4-6-8-10-11-13-21-36-29(32)24-15-18-26(19-16-24)38-30(33)25-17-20-28(27(22-25)31(34)35)37-23(3)14-12-9-7-5-2/h15-20,22-23H,4-14,21H2,1-3H3. The molecule has 0 amide bonds. The fraction of sp³-hybridized carbons (Fsp3) is 0.533. The summed E-state index contributed by atoms with van der Waals surface area (Å²) in [6.07, 6.45) is 11.6. The van der Waals surface area contributed by atoms with Gasteiger partial charge >= 0.3 is 17.6 Å². The Morgan fingerprint density at radius 3 is 2.08 bits per heavy atom. The van der Waals surface area contributed by atoms with Crippen molar-refractivity contribution in [3.05, 3.63) is 63.7 Å². The van der Waals surface area contributed by atoms with Gasteiger partial charge < -0.3 is 14.2 Å². The first-order chi connectivity index (χ1) is 18.3. The normalized spacial score (nSPS) is 11.6. The number of esters is 2. The smallest absolute Gasteiger partial charge is 0.343 e. The highest BCUT2D eigenvalue weighted by Gasteiger charge is 2.21. The summed E-state index contributed by atoms with van der Waals surface area (Å²) in [7, 11) is 0. The average Bonchev–Trinajstić information content (AvgIpc) is 2.91. The molecule has 0 fully saturated rings. The Balaban J connectivity index is 1.90. The molecule has 8 heteroatoms.